The molecule has 0 fully saturated rings. The number of aryl methyl sites for hydroxylation is 2. The molecule has 0 amide bonds. The average Bonchev–Trinajstić information content (AvgIpc) is 3.42. The summed E-state index contributed by atoms with van der Waals surface area (Å²) in [6, 6.07) is 14.4. The minimum atomic E-state index is 0.566. The maximum absolute atomic E-state index is 5.75. The second-order valence-corrected chi connectivity index (χ2v) is 8.12. The van der Waals surface area contributed by atoms with Crippen molar-refractivity contribution in [1.82, 2.24) is 19.6 Å². The lowest BCUT2D eigenvalue weighted by molar-refractivity contribution is 0.171. The molecule has 156 valence electrons. The van der Waals surface area contributed by atoms with E-state index in [2.05, 4.69) is 36.5 Å². The number of aromatic nitrogens is 4. The zero-order chi connectivity index (χ0) is 20.8. The van der Waals surface area contributed by atoms with Crippen LogP contribution in [0, 0.1) is 6.92 Å². The molecule has 1 aliphatic carbocycles. The van der Waals surface area contributed by atoms with E-state index in [-0.39, 0.29) is 0 Å². The summed E-state index contributed by atoms with van der Waals surface area (Å²) in [5.41, 5.74) is 5.70. The van der Waals surface area contributed by atoms with Crippen molar-refractivity contribution in [3.05, 3.63) is 70.7 Å². The maximum Gasteiger partial charge on any atom is 0.254 e. The Morgan fingerprint density at radius 2 is 1.81 bits per heavy atom. The fourth-order valence-electron chi connectivity index (χ4n) is 4.27. The summed E-state index contributed by atoms with van der Waals surface area (Å²) < 4.78 is 13.3. The van der Waals surface area contributed by atoms with Crippen LogP contribution in [-0.2, 0) is 19.3 Å². The van der Waals surface area contributed by atoms with E-state index in [0.717, 1.165) is 53.8 Å². The van der Waals surface area contributed by atoms with Gasteiger partial charge in [0.25, 0.3) is 5.78 Å². The number of benzene rings is 2. The van der Waals surface area contributed by atoms with E-state index in [1.165, 1.54) is 16.7 Å². The van der Waals surface area contributed by atoms with Crippen LogP contribution in [0.1, 0.15) is 34.6 Å². The van der Waals surface area contributed by atoms with Crippen molar-refractivity contribution < 1.29 is 9.47 Å². The number of anilines is 2. The van der Waals surface area contributed by atoms with Crippen molar-refractivity contribution in [2.75, 3.05) is 18.5 Å². The lowest BCUT2D eigenvalue weighted by atomic mass is 10.1. The molecule has 1 aliphatic heterocycles. The van der Waals surface area contributed by atoms with Crippen molar-refractivity contribution in [3.63, 3.8) is 0 Å². The molecule has 3 heterocycles. The van der Waals surface area contributed by atoms with E-state index >= 15 is 0 Å². The van der Waals surface area contributed by atoms with Gasteiger partial charge >= 0.3 is 0 Å². The molecule has 1 N–H and O–H groups in total. The van der Waals surface area contributed by atoms with E-state index in [1.807, 2.05) is 22.7 Å². The van der Waals surface area contributed by atoms with Crippen LogP contribution in [0.2, 0.25) is 0 Å². The highest BCUT2D eigenvalue weighted by Gasteiger charge is 2.23. The number of fused-ring (bicyclic) bond motifs is 3. The number of hydrogen-bond donors (Lipinski definition) is 1. The van der Waals surface area contributed by atoms with Crippen LogP contribution in [-0.4, -0.2) is 32.8 Å². The number of nitrogens with zero attached hydrogens (tertiary/aromatic N) is 4. The Morgan fingerprint density at radius 3 is 2.68 bits per heavy atom. The average molecular weight is 413 g/mol. The van der Waals surface area contributed by atoms with Gasteiger partial charge in [-0.1, -0.05) is 29.8 Å². The van der Waals surface area contributed by atoms with Crippen molar-refractivity contribution in [2.45, 2.75) is 32.6 Å². The van der Waals surface area contributed by atoms with Crippen LogP contribution in [0.5, 0.6) is 11.5 Å². The third-order valence-electron chi connectivity index (χ3n) is 5.84. The van der Waals surface area contributed by atoms with Crippen molar-refractivity contribution in [1.29, 1.82) is 0 Å². The van der Waals surface area contributed by atoms with Crippen molar-refractivity contribution in [2.24, 2.45) is 0 Å². The van der Waals surface area contributed by atoms with Gasteiger partial charge in [-0.15, -0.1) is 5.10 Å². The molecule has 6 rings (SSSR count). The van der Waals surface area contributed by atoms with E-state index < -0.39 is 0 Å². The SMILES string of the molecule is Cc1ccc(Cc2nc3nc4c(c(Nc5ccc6c(c5)OCCO6)n3n2)CCC4)cc1. The lowest BCUT2D eigenvalue weighted by Crippen LogP contribution is -2.15. The molecule has 0 saturated carbocycles. The van der Waals surface area contributed by atoms with Crippen LogP contribution in [0.15, 0.2) is 42.5 Å². The molecule has 7 heteroatoms. The third-order valence-corrected chi connectivity index (χ3v) is 5.84. The topological polar surface area (TPSA) is 73.6 Å². The van der Waals surface area contributed by atoms with Gasteiger partial charge in [-0.2, -0.15) is 9.50 Å². The summed E-state index contributed by atoms with van der Waals surface area (Å²) in [4.78, 5) is 9.55. The van der Waals surface area contributed by atoms with Crippen LogP contribution in [0.3, 0.4) is 0 Å². The van der Waals surface area contributed by atoms with Gasteiger partial charge < -0.3 is 14.8 Å². The summed E-state index contributed by atoms with van der Waals surface area (Å²) in [5.74, 6) is 3.89. The fourth-order valence-corrected chi connectivity index (χ4v) is 4.27. The van der Waals surface area contributed by atoms with Crippen LogP contribution in [0.25, 0.3) is 5.78 Å². The molecule has 0 unspecified atom stereocenters. The van der Waals surface area contributed by atoms with E-state index in [0.29, 0.717) is 25.4 Å². The Hall–Kier alpha value is -3.61. The molecule has 0 saturated heterocycles. The Morgan fingerprint density at radius 1 is 0.968 bits per heavy atom. The van der Waals surface area contributed by atoms with Crippen molar-refractivity contribution in [3.8, 4) is 11.5 Å². The Bertz CT molecular complexity index is 1280. The molecular weight excluding hydrogens is 390 g/mol. The molecule has 31 heavy (non-hydrogen) atoms. The second kappa shape index (κ2) is 7.27. The van der Waals surface area contributed by atoms with Gasteiger partial charge in [0.15, 0.2) is 17.3 Å². The van der Waals surface area contributed by atoms with Crippen LogP contribution >= 0.6 is 0 Å². The van der Waals surface area contributed by atoms with E-state index in [1.54, 1.807) is 0 Å². The molecule has 4 aromatic rings. The van der Waals surface area contributed by atoms with Gasteiger partial charge in [-0.25, -0.2) is 4.98 Å². The molecule has 7 nitrogen and oxygen atoms in total. The quantitative estimate of drug-likeness (QED) is 0.545. The first kappa shape index (κ1) is 18.2. The molecule has 2 aromatic heterocycles. The highest BCUT2D eigenvalue weighted by Crippen LogP contribution is 2.35. The van der Waals surface area contributed by atoms with E-state index in [9.17, 15) is 0 Å². The Labute approximate surface area is 180 Å². The van der Waals surface area contributed by atoms with Gasteiger partial charge in [0.2, 0.25) is 0 Å². The van der Waals surface area contributed by atoms with Gasteiger partial charge in [0.1, 0.15) is 19.0 Å². The second-order valence-electron chi connectivity index (χ2n) is 8.12. The van der Waals surface area contributed by atoms with Crippen LogP contribution < -0.4 is 14.8 Å². The fraction of sp³-hybridized carbons (Fsp3) is 0.292. The Kier molecular flexibility index (Phi) is 4.26. The standard InChI is InChI=1S/C24H23N5O2/c1-15-5-7-16(8-6-15)13-22-27-24-26-19-4-2-3-18(19)23(29(24)28-22)25-17-9-10-20-21(14-17)31-12-11-30-20/h5-10,14,25H,2-4,11-13H2,1H3. The molecule has 0 atom stereocenters. The largest absolute Gasteiger partial charge is 0.486 e. The minimum Gasteiger partial charge on any atom is -0.486 e. The van der Waals surface area contributed by atoms with Crippen LogP contribution in [0.4, 0.5) is 11.5 Å². The lowest BCUT2D eigenvalue weighted by Gasteiger charge is -2.19. The normalized spacial score (nSPS) is 14.6. The first-order chi connectivity index (χ1) is 15.2. The number of nitrogens with one attached hydrogen (secondary N) is 1. The molecule has 2 aliphatic rings. The number of hydrogen-bond acceptors (Lipinski definition) is 6. The molecular formula is C24H23N5O2. The van der Waals surface area contributed by atoms with Gasteiger partial charge in [-0.3, -0.25) is 0 Å². The molecule has 0 radical (unpaired) electrons. The highest BCUT2D eigenvalue weighted by atomic mass is 16.6. The maximum atomic E-state index is 5.75. The molecule has 0 bridgehead atoms. The predicted molar refractivity (Wildman–Crippen MR) is 118 cm³/mol. The number of rotatable bonds is 4. The summed E-state index contributed by atoms with van der Waals surface area (Å²) in [6.07, 6.45) is 3.74. The summed E-state index contributed by atoms with van der Waals surface area (Å²) >= 11 is 0. The zero-order valence-corrected chi connectivity index (χ0v) is 17.4. The minimum absolute atomic E-state index is 0.566. The molecule has 0 spiro atoms. The molecule has 2 aromatic carbocycles. The first-order valence-corrected chi connectivity index (χ1v) is 10.7. The number of ether oxygens (including phenoxy) is 2. The third kappa shape index (κ3) is 3.36. The summed E-state index contributed by atoms with van der Waals surface area (Å²) in [6.45, 7) is 3.24. The predicted octanol–water partition coefficient (Wildman–Crippen LogP) is 4.03. The smallest absolute Gasteiger partial charge is 0.254 e. The van der Waals surface area contributed by atoms with Gasteiger partial charge in [0, 0.05) is 23.7 Å². The van der Waals surface area contributed by atoms with Crippen molar-refractivity contribution >= 4 is 17.3 Å². The monoisotopic (exact) mass is 413 g/mol. The summed E-state index contributed by atoms with van der Waals surface area (Å²) in [7, 11) is 0. The highest BCUT2D eigenvalue weighted by molar-refractivity contribution is 5.66. The zero-order valence-electron chi connectivity index (χ0n) is 17.4. The first-order valence-electron chi connectivity index (χ1n) is 10.7. The van der Waals surface area contributed by atoms with Gasteiger partial charge in [-0.05, 0) is 43.9 Å². The Balaban J connectivity index is 1.39. The van der Waals surface area contributed by atoms with Gasteiger partial charge in [0.05, 0.1) is 5.69 Å². The summed E-state index contributed by atoms with van der Waals surface area (Å²) in [5, 5.41) is 8.38. The van der Waals surface area contributed by atoms with E-state index in [4.69, 9.17) is 24.5 Å².